The lowest BCUT2D eigenvalue weighted by atomic mass is 9.80. The van der Waals surface area contributed by atoms with Crippen LogP contribution in [0.2, 0.25) is 0 Å². The van der Waals surface area contributed by atoms with Crippen LogP contribution in [0.1, 0.15) is 68.6 Å². The van der Waals surface area contributed by atoms with E-state index >= 15 is 0 Å². The van der Waals surface area contributed by atoms with E-state index in [1.165, 1.54) is 5.56 Å². The van der Waals surface area contributed by atoms with Crippen molar-refractivity contribution in [3.8, 4) is 17.6 Å². The van der Waals surface area contributed by atoms with Gasteiger partial charge in [0.05, 0.1) is 38.3 Å². The minimum Gasteiger partial charge on any atom is -0.489 e. The van der Waals surface area contributed by atoms with Gasteiger partial charge >= 0.3 is 5.97 Å². The van der Waals surface area contributed by atoms with E-state index in [2.05, 4.69) is 36.1 Å². The molecule has 2 heterocycles. The summed E-state index contributed by atoms with van der Waals surface area (Å²) < 4.78 is 29.3. The average molecular weight is 491 g/mol. The Balaban J connectivity index is 1.18. The first-order valence-corrected chi connectivity index (χ1v) is 12.9. The summed E-state index contributed by atoms with van der Waals surface area (Å²) >= 11 is 0. The molecule has 36 heavy (non-hydrogen) atoms. The van der Waals surface area contributed by atoms with E-state index in [4.69, 9.17) is 23.7 Å². The fraction of sp³-hybridized carbons (Fsp3) is 0.500. The summed E-state index contributed by atoms with van der Waals surface area (Å²) in [5, 5.41) is 0. The van der Waals surface area contributed by atoms with Crippen molar-refractivity contribution < 1.29 is 28.5 Å². The molecule has 2 aromatic carbocycles. The molecule has 3 atom stereocenters. The summed E-state index contributed by atoms with van der Waals surface area (Å²) in [5.41, 5.74) is 3.06. The lowest BCUT2D eigenvalue weighted by Gasteiger charge is -2.32. The fourth-order valence-corrected chi connectivity index (χ4v) is 5.32. The first kappa shape index (κ1) is 24.8. The number of ether oxygens (including phenoxy) is 5. The molecule has 2 unspecified atom stereocenters. The number of epoxide rings is 1. The van der Waals surface area contributed by atoms with Crippen LogP contribution in [0.15, 0.2) is 48.5 Å². The Hall–Kier alpha value is -2.85. The van der Waals surface area contributed by atoms with Crippen LogP contribution in [0.5, 0.6) is 5.75 Å². The van der Waals surface area contributed by atoms with Crippen molar-refractivity contribution in [3.05, 3.63) is 65.2 Å². The maximum Gasteiger partial charge on any atom is 0.307 e. The highest BCUT2D eigenvalue weighted by Gasteiger charge is 2.64. The maximum absolute atomic E-state index is 12.1. The summed E-state index contributed by atoms with van der Waals surface area (Å²) in [6, 6.07) is 16.3. The molecule has 0 N–H and O–H groups in total. The summed E-state index contributed by atoms with van der Waals surface area (Å²) in [5.74, 6) is 5.98. The molecular formula is C30H34O6. The van der Waals surface area contributed by atoms with Crippen molar-refractivity contribution in [2.45, 2.75) is 76.0 Å². The quantitative estimate of drug-likeness (QED) is 0.272. The van der Waals surface area contributed by atoms with Crippen LogP contribution in [0.3, 0.4) is 0 Å². The molecular weight excluding hydrogens is 456 g/mol. The van der Waals surface area contributed by atoms with Crippen LogP contribution >= 0.6 is 0 Å². The minimum absolute atomic E-state index is 0.145. The molecule has 2 aliphatic heterocycles. The molecule has 0 amide bonds. The van der Waals surface area contributed by atoms with Crippen molar-refractivity contribution in [2.24, 2.45) is 0 Å². The third kappa shape index (κ3) is 5.29. The van der Waals surface area contributed by atoms with E-state index in [1.807, 2.05) is 31.2 Å². The van der Waals surface area contributed by atoms with Crippen molar-refractivity contribution in [1.29, 1.82) is 0 Å². The van der Waals surface area contributed by atoms with E-state index in [0.29, 0.717) is 26.4 Å². The van der Waals surface area contributed by atoms with E-state index in [0.717, 1.165) is 42.6 Å². The van der Waals surface area contributed by atoms with Crippen LogP contribution in [0.25, 0.3) is 0 Å². The number of fused-ring (bicyclic) bond motifs is 1. The second-order valence-corrected chi connectivity index (χ2v) is 9.74. The molecule has 0 bridgehead atoms. The van der Waals surface area contributed by atoms with Crippen molar-refractivity contribution in [3.63, 3.8) is 0 Å². The number of carbonyl (C=O) groups is 1. The summed E-state index contributed by atoms with van der Waals surface area (Å²) in [6.45, 7) is 6.01. The monoisotopic (exact) mass is 490 g/mol. The van der Waals surface area contributed by atoms with E-state index in [1.54, 1.807) is 6.92 Å². The van der Waals surface area contributed by atoms with Gasteiger partial charge in [0.2, 0.25) is 0 Å². The zero-order valence-electron chi connectivity index (χ0n) is 21.1. The first-order chi connectivity index (χ1) is 17.6. The number of hydrogen-bond donors (Lipinski definition) is 0. The van der Waals surface area contributed by atoms with Gasteiger partial charge in [0.1, 0.15) is 18.0 Å². The van der Waals surface area contributed by atoms with Gasteiger partial charge in [0, 0.05) is 12.8 Å². The highest BCUT2D eigenvalue weighted by Crippen LogP contribution is 2.59. The smallest absolute Gasteiger partial charge is 0.307 e. The highest BCUT2D eigenvalue weighted by molar-refractivity contribution is 5.71. The van der Waals surface area contributed by atoms with Crippen LogP contribution in [0, 0.1) is 11.8 Å². The molecule has 5 rings (SSSR count). The Morgan fingerprint density at radius 2 is 1.94 bits per heavy atom. The molecule has 190 valence electrons. The Morgan fingerprint density at radius 1 is 1.14 bits per heavy atom. The maximum atomic E-state index is 12.1. The summed E-state index contributed by atoms with van der Waals surface area (Å²) in [7, 11) is 0. The number of benzene rings is 2. The number of esters is 1. The lowest BCUT2D eigenvalue weighted by molar-refractivity contribution is -0.175. The van der Waals surface area contributed by atoms with Gasteiger partial charge in [0.15, 0.2) is 5.79 Å². The summed E-state index contributed by atoms with van der Waals surface area (Å²) in [4.78, 5) is 12.1. The van der Waals surface area contributed by atoms with E-state index in [-0.39, 0.29) is 30.0 Å². The molecule has 3 fully saturated rings. The predicted octanol–water partition coefficient (Wildman–Crippen LogP) is 5.24. The third-order valence-electron chi connectivity index (χ3n) is 7.26. The third-order valence-corrected chi connectivity index (χ3v) is 7.26. The normalized spacial score (nSPS) is 24.3. The van der Waals surface area contributed by atoms with Crippen LogP contribution in [-0.2, 0) is 35.9 Å². The Kier molecular flexibility index (Phi) is 7.34. The Morgan fingerprint density at radius 3 is 2.67 bits per heavy atom. The second-order valence-electron chi connectivity index (χ2n) is 9.74. The molecule has 3 aliphatic rings. The molecule has 1 spiro atoms. The number of hydrogen-bond acceptors (Lipinski definition) is 6. The lowest BCUT2D eigenvalue weighted by Crippen LogP contribution is -2.38. The molecule has 2 saturated heterocycles. The fourth-order valence-electron chi connectivity index (χ4n) is 5.32. The van der Waals surface area contributed by atoms with Crippen LogP contribution in [0.4, 0.5) is 0 Å². The number of rotatable bonds is 9. The Labute approximate surface area is 213 Å². The SMILES string of the molecule is CC#C[C@@H](CC(=O)OCCC)c1ccc(OCc2cccc(C34CCC5(CC3O4)OCCO5)c2)cc1. The van der Waals surface area contributed by atoms with Gasteiger partial charge in [-0.1, -0.05) is 43.2 Å². The molecule has 6 nitrogen and oxygen atoms in total. The molecule has 1 saturated carbocycles. The Bertz CT molecular complexity index is 1120. The highest BCUT2D eigenvalue weighted by atomic mass is 16.7. The molecule has 6 heteroatoms. The van der Waals surface area contributed by atoms with Gasteiger partial charge < -0.3 is 23.7 Å². The molecule has 1 aliphatic carbocycles. The second kappa shape index (κ2) is 10.6. The largest absolute Gasteiger partial charge is 0.489 e. The first-order valence-electron chi connectivity index (χ1n) is 12.9. The number of carbonyl (C=O) groups excluding carboxylic acids is 1. The van der Waals surface area contributed by atoms with Crippen molar-refractivity contribution in [1.82, 2.24) is 0 Å². The summed E-state index contributed by atoms with van der Waals surface area (Å²) in [6.07, 6.45) is 3.75. The van der Waals surface area contributed by atoms with Crippen LogP contribution < -0.4 is 4.74 Å². The minimum atomic E-state index is -0.435. The van der Waals surface area contributed by atoms with Gasteiger partial charge in [-0.15, -0.1) is 5.92 Å². The van der Waals surface area contributed by atoms with Crippen LogP contribution in [-0.4, -0.2) is 37.7 Å². The van der Waals surface area contributed by atoms with Crippen molar-refractivity contribution >= 4 is 5.97 Å². The van der Waals surface area contributed by atoms with Gasteiger partial charge in [-0.3, -0.25) is 4.79 Å². The molecule has 0 aromatic heterocycles. The van der Waals surface area contributed by atoms with E-state index in [9.17, 15) is 4.79 Å². The van der Waals surface area contributed by atoms with Gasteiger partial charge in [-0.25, -0.2) is 0 Å². The topological polar surface area (TPSA) is 66.5 Å². The molecule has 2 aromatic rings. The van der Waals surface area contributed by atoms with E-state index < -0.39 is 5.79 Å². The molecule has 0 radical (unpaired) electrons. The van der Waals surface area contributed by atoms with Gasteiger partial charge in [-0.2, -0.15) is 0 Å². The van der Waals surface area contributed by atoms with Gasteiger partial charge in [-0.05, 0) is 54.7 Å². The zero-order valence-corrected chi connectivity index (χ0v) is 21.1. The predicted molar refractivity (Wildman–Crippen MR) is 134 cm³/mol. The average Bonchev–Trinajstić information content (AvgIpc) is 3.46. The van der Waals surface area contributed by atoms with Gasteiger partial charge in [0.25, 0.3) is 0 Å². The zero-order chi connectivity index (χ0) is 25.0. The standard InChI is InChI=1S/C30H34O6/c1-3-6-24(19-28(31)32-15-4-2)23-9-11-26(12-10-23)33-21-22-7-5-8-25(18-22)30-14-13-29(20-27(30)36-30)34-16-17-35-29/h5,7-12,18,24,27H,4,13-17,19-21H2,1-2H3/t24-,27?,30?/m0/s1. The van der Waals surface area contributed by atoms with Crippen molar-refractivity contribution in [2.75, 3.05) is 19.8 Å².